The van der Waals surface area contributed by atoms with Gasteiger partial charge in [-0.15, -0.1) is 0 Å². The van der Waals surface area contributed by atoms with Crippen LogP contribution in [0.15, 0.2) is 42.7 Å². The first kappa shape index (κ1) is 17.7. The van der Waals surface area contributed by atoms with Gasteiger partial charge < -0.3 is 14.2 Å². The van der Waals surface area contributed by atoms with Gasteiger partial charge in [-0.2, -0.15) is 0 Å². The van der Waals surface area contributed by atoms with Crippen molar-refractivity contribution in [2.24, 2.45) is 5.92 Å². The third-order valence-corrected chi connectivity index (χ3v) is 4.86. The van der Waals surface area contributed by atoms with E-state index < -0.39 is 0 Å². The van der Waals surface area contributed by atoms with Crippen LogP contribution < -0.4 is 0 Å². The highest BCUT2D eigenvalue weighted by molar-refractivity contribution is 5.78. The molecule has 1 amide bonds. The van der Waals surface area contributed by atoms with E-state index in [9.17, 15) is 4.79 Å². The molecule has 1 aromatic carbocycles. The van der Waals surface area contributed by atoms with Crippen LogP contribution in [-0.4, -0.2) is 40.1 Å². The Hall–Kier alpha value is -2.14. The Bertz CT molecular complexity index is 683. The first-order valence-electron chi connectivity index (χ1n) is 9.05. The molecule has 5 nitrogen and oxygen atoms in total. The number of benzene rings is 1. The predicted octanol–water partition coefficient (Wildman–Crippen LogP) is 3.21. The van der Waals surface area contributed by atoms with Gasteiger partial charge in [-0.3, -0.25) is 4.79 Å². The lowest BCUT2D eigenvalue weighted by Crippen LogP contribution is -2.44. The number of hydrogen-bond donors (Lipinski definition) is 0. The first-order valence-corrected chi connectivity index (χ1v) is 9.05. The normalized spacial score (nSPS) is 19.0. The highest BCUT2D eigenvalue weighted by Gasteiger charge is 2.28. The lowest BCUT2D eigenvalue weighted by molar-refractivity contribution is -0.138. The molecule has 5 heteroatoms. The van der Waals surface area contributed by atoms with Gasteiger partial charge in [0.1, 0.15) is 5.82 Å². The second kappa shape index (κ2) is 8.30. The Morgan fingerprint density at radius 2 is 2.16 bits per heavy atom. The van der Waals surface area contributed by atoms with Crippen LogP contribution in [0.2, 0.25) is 0 Å². The molecule has 0 saturated carbocycles. The number of carbonyl (C=O) groups is 1. The zero-order valence-electron chi connectivity index (χ0n) is 15.1. The van der Waals surface area contributed by atoms with E-state index in [1.54, 1.807) is 0 Å². The van der Waals surface area contributed by atoms with E-state index in [2.05, 4.69) is 9.55 Å². The first-order chi connectivity index (χ1) is 12.1. The fourth-order valence-electron chi connectivity index (χ4n) is 3.47. The summed E-state index contributed by atoms with van der Waals surface area (Å²) in [5, 5.41) is 0. The number of hydrogen-bond acceptors (Lipinski definition) is 3. The van der Waals surface area contributed by atoms with Gasteiger partial charge in [0, 0.05) is 25.5 Å². The minimum Gasteiger partial charge on any atom is -0.376 e. The number of carbonyl (C=O) groups excluding carboxylic acids is 1. The maximum atomic E-state index is 12.8. The number of likely N-dealkylation sites (tertiary alicyclic amines) is 1. The van der Waals surface area contributed by atoms with Crippen molar-refractivity contribution in [2.45, 2.75) is 39.3 Å². The van der Waals surface area contributed by atoms with Crippen molar-refractivity contribution in [3.8, 4) is 0 Å². The molecule has 0 bridgehead atoms. The van der Waals surface area contributed by atoms with Crippen molar-refractivity contribution in [2.75, 3.05) is 19.7 Å². The van der Waals surface area contributed by atoms with E-state index in [-0.39, 0.29) is 11.8 Å². The summed E-state index contributed by atoms with van der Waals surface area (Å²) in [6.07, 6.45) is 5.97. The molecule has 1 fully saturated rings. The minimum atomic E-state index is -0.119. The van der Waals surface area contributed by atoms with Crippen LogP contribution in [-0.2, 0) is 16.1 Å². The van der Waals surface area contributed by atoms with Crippen molar-refractivity contribution in [3.63, 3.8) is 0 Å². The van der Waals surface area contributed by atoms with Crippen LogP contribution >= 0.6 is 0 Å². The molecule has 0 spiro atoms. The molecule has 25 heavy (non-hydrogen) atoms. The van der Waals surface area contributed by atoms with Gasteiger partial charge in [0.25, 0.3) is 0 Å². The summed E-state index contributed by atoms with van der Waals surface area (Å²) in [6, 6.07) is 10.4. The Morgan fingerprint density at radius 1 is 1.36 bits per heavy atom. The van der Waals surface area contributed by atoms with E-state index in [0.29, 0.717) is 19.3 Å². The Morgan fingerprint density at radius 3 is 2.88 bits per heavy atom. The molecule has 3 rings (SSSR count). The molecular formula is C20H27N3O2. The molecule has 134 valence electrons. The van der Waals surface area contributed by atoms with Crippen LogP contribution in [0.3, 0.4) is 0 Å². The zero-order valence-corrected chi connectivity index (χ0v) is 15.1. The summed E-state index contributed by atoms with van der Waals surface area (Å²) in [5.74, 6) is 1.08. The summed E-state index contributed by atoms with van der Waals surface area (Å²) in [5.41, 5.74) is 1.13. The second-order valence-electron chi connectivity index (χ2n) is 6.86. The standard InChI is InChI=1S/C20H27N3O2/c1-16(14-25-15-18-7-4-3-5-8-18)20(24)22-11-6-9-19(13-22)23-12-10-21-17(23)2/h3-5,7-8,10,12,16,19H,6,9,11,13-15H2,1-2H3/t16-,19+/m0/s1. The molecule has 0 N–H and O–H groups in total. The third kappa shape index (κ3) is 4.48. The number of ether oxygens (including phenoxy) is 1. The average molecular weight is 341 g/mol. The summed E-state index contributed by atoms with van der Waals surface area (Å²) in [4.78, 5) is 19.1. The topological polar surface area (TPSA) is 47.4 Å². The monoisotopic (exact) mass is 341 g/mol. The van der Waals surface area contributed by atoms with E-state index in [4.69, 9.17) is 4.74 Å². The van der Waals surface area contributed by atoms with Crippen LogP contribution in [0.25, 0.3) is 0 Å². The molecule has 2 heterocycles. The van der Waals surface area contributed by atoms with Gasteiger partial charge in [0.05, 0.1) is 25.2 Å². The molecule has 0 radical (unpaired) electrons. The number of amides is 1. The number of nitrogens with zero attached hydrogens (tertiary/aromatic N) is 3. The molecule has 1 aliphatic heterocycles. The Labute approximate surface area is 149 Å². The average Bonchev–Trinajstić information content (AvgIpc) is 3.08. The van der Waals surface area contributed by atoms with Crippen LogP contribution in [0.1, 0.15) is 37.2 Å². The van der Waals surface area contributed by atoms with Gasteiger partial charge in [-0.25, -0.2) is 4.98 Å². The van der Waals surface area contributed by atoms with Gasteiger partial charge >= 0.3 is 0 Å². The highest BCUT2D eigenvalue weighted by Crippen LogP contribution is 2.23. The van der Waals surface area contributed by atoms with Crippen LogP contribution in [0.5, 0.6) is 0 Å². The lowest BCUT2D eigenvalue weighted by atomic mass is 10.0. The number of aryl methyl sites for hydroxylation is 1. The number of piperidine rings is 1. The van der Waals surface area contributed by atoms with Crippen LogP contribution in [0.4, 0.5) is 0 Å². The largest absolute Gasteiger partial charge is 0.376 e. The maximum absolute atomic E-state index is 12.8. The maximum Gasteiger partial charge on any atom is 0.227 e. The molecule has 1 aromatic heterocycles. The Kier molecular flexibility index (Phi) is 5.87. The predicted molar refractivity (Wildman–Crippen MR) is 97.1 cm³/mol. The summed E-state index contributed by atoms with van der Waals surface area (Å²) in [6.45, 7) is 6.58. The minimum absolute atomic E-state index is 0.119. The molecule has 2 atom stereocenters. The summed E-state index contributed by atoms with van der Waals surface area (Å²) < 4.78 is 7.94. The zero-order chi connectivity index (χ0) is 17.6. The van der Waals surface area contributed by atoms with E-state index in [0.717, 1.165) is 37.3 Å². The van der Waals surface area contributed by atoms with E-state index >= 15 is 0 Å². The number of rotatable bonds is 6. The number of imidazole rings is 1. The molecule has 0 aliphatic carbocycles. The lowest BCUT2D eigenvalue weighted by Gasteiger charge is -2.35. The fraction of sp³-hybridized carbons (Fsp3) is 0.500. The van der Waals surface area contributed by atoms with Gasteiger partial charge in [-0.1, -0.05) is 37.3 Å². The van der Waals surface area contributed by atoms with Crippen molar-refractivity contribution in [1.29, 1.82) is 0 Å². The van der Waals surface area contributed by atoms with Crippen molar-refractivity contribution in [3.05, 3.63) is 54.1 Å². The van der Waals surface area contributed by atoms with E-state index in [1.165, 1.54) is 0 Å². The van der Waals surface area contributed by atoms with Gasteiger partial charge in [0.2, 0.25) is 5.91 Å². The summed E-state index contributed by atoms with van der Waals surface area (Å²) in [7, 11) is 0. The molecule has 2 aromatic rings. The Balaban J connectivity index is 1.50. The SMILES string of the molecule is Cc1nccn1[C@@H]1CCCN(C(=O)[C@@H](C)COCc2ccccc2)C1. The smallest absolute Gasteiger partial charge is 0.227 e. The van der Waals surface area contributed by atoms with Gasteiger partial charge in [0.15, 0.2) is 0 Å². The molecular weight excluding hydrogens is 314 g/mol. The third-order valence-electron chi connectivity index (χ3n) is 4.86. The number of aromatic nitrogens is 2. The molecule has 1 aliphatic rings. The van der Waals surface area contributed by atoms with Crippen LogP contribution in [0, 0.1) is 12.8 Å². The second-order valence-corrected chi connectivity index (χ2v) is 6.86. The molecule has 1 saturated heterocycles. The quantitative estimate of drug-likeness (QED) is 0.810. The van der Waals surface area contributed by atoms with Crippen molar-refractivity contribution in [1.82, 2.24) is 14.5 Å². The highest BCUT2D eigenvalue weighted by atomic mass is 16.5. The van der Waals surface area contributed by atoms with Gasteiger partial charge in [-0.05, 0) is 25.3 Å². The van der Waals surface area contributed by atoms with Crippen molar-refractivity contribution >= 4 is 5.91 Å². The molecule has 0 unspecified atom stereocenters. The summed E-state index contributed by atoms with van der Waals surface area (Å²) >= 11 is 0. The van der Waals surface area contributed by atoms with E-state index in [1.807, 2.05) is 61.5 Å². The fourth-order valence-corrected chi connectivity index (χ4v) is 3.47. The van der Waals surface area contributed by atoms with Crippen molar-refractivity contribution < 1.29 is 9.53 Å².